The van der Waals surface area contributed by atoms with Crippen LogP contribution in [-0.2, 0) is 17.4 Å². The largest absolute Gasteiger partial charge is 0.370 e. The van der Waals surface area contributed by atoms with Gasteiger partial charge >= 0.3 is 0 Å². The average Bonchev–Trinajstić information content (AvgIpc) is 3.16. The fourth-order valence-electron chi connectivity index (χ4n) is 3.04. The maximum Gasteiger partial charge on any atom is 0.234 e. The van der Waals surface area contributed by atoms with E-state index in [0.29, 0.717) is 11.7 Å². The van der Waals surface area contributed by atoms with Crippen molar-refractivity contribution in [3.8, 4) is 0 Å². The van der Waals surface area contributed by atoms with Gasteiger partial charge in [0.1, 0.15) is 5.60 Å². The number of hydrogen-bond donors (Lipinski definition) is 0. The van der Waals surface area contributed by atoms with Crippen molar-refractivity contribution >= 4 is 0 Å². The van der Waals surface area contributed by atoms with Gasteiger partial charge in [-0.1, -0.05) is 24.4 Å². The summed E-state index contributed by atoms with van der Waals surface area (Å²) >= 11 is 0. The van der Waals surface area contributed by atoms with E-state index in [-0.39, 0.29) is 11.5 Å². The lowest BCUT2D eigenvalue weighted by Gasteiger charge is -2.32. The van der Waals surface area contributed by atoms with E-state index in [1.54, 1.807) is 11.8 Å². The molecule has 6 nitrogen and oxygen atoms in total. The Hall–Kier alpha value is -1.69. The first kappa shape index (κ1) is 14.3. The minimum absolute atomic E-state index is 0.0393. The van der Waals surface area contributed by atoms with E-state index in [9.17, 15) is 0 Å². The molecule has 1 atom stereocenters. The van der Waals surface area contributed by atoms with Crippen LogP contribution in [0, 0.1) is 0 Å². The zero-order chi connectivity index (χ0) is 14.9. The van der Waals surface area contributed by atoms with Crippen molar-refractivity contribution in [3.05, 3.63) is 29.7 Å². The number of nitrogens with zero attached hydrogens (tertiary/aromatic N) is 4. The fraction of sp³-hybridized carbons (Fsp3) is 0.667. The second-order valence-corrected chi connectivity index (χ2v) is 5.88. The predicted octanol–water partition coefficient (Wildman–Crippen LogP) is 2.76. The van der Waals surface area contributed by atoms with Gasteiger partial charge in [-0.2, -0.15) is 10.1 Å². The summed E-state index contributed by atoms with van der Waals surface area (Å²) in [7, 11) is 3.64. The summed E-state index contributed by atoms with van der Waals surface area (Å²) in [6, 6.07) is 0. The van der Waals surface area contributed by atoms with Crippen LogP contribution in [0.2, 0.25) is 0 Å². The second-order valence-electron chi connectivity index (χ2n) is 5.88. The summed E-state index contributed by atoms with van der Waals surface area (Å²) in [5, 5.41) is 8.39. The SMILES string of the molecule is COC1(c2noc(C(C)c3cnn(C)c3)n2)CCCCC1. The quantitative estimate of drug-likeness (QED) is 0.866. The van der Waals surface area contributed by atoms with E-state index in [1.165, 1.54) is 6.42 Å². The Morgan fingerprint density at radius 1 is 1.33 bits per heavy atom. The molecule has 0 bridgehead atoms. The summed E-state index contributed by atoms with van der Waals surface area (Å²) in [6.45, 7) is 2.05. The zero-order valence-corrected chi connectivity index (χ0v) is 12.9. The van der Waals surface area contributed by atoms with E-state index < -0.39 is 0 Å². The van der Waals surface area contributed by atoms with Gasteiger partial charge in [-0.05, 0) is 19.8 Å². The minimum Gasteiger partial charge on any atom is -0.370 e. The van der Waals surface area contributed by atoms with Crippen molar-refractivity contribution in [2.45, 2.75) is 50.5 Å². The Bertz CT molecular complexity index is 598. The summed E-state index contributed by atoms with van der Waals surface area (Å²) in [4.78, 5) is 4.62. The first-order valence-corrected chi connectivity index (χ1v) is 7.52. The Kier molecular flexibility index (Phi) is 3.80. The molecule has 0 amide bonds. The second kappa shape index (κ2) is 5.60. The summed E-state index contributed by atoms with van der Waals surface area (Å²) < 4.78 is 13.0. The number of rotatable bonds is 4. The molecule has 1 unspecified atom stereocenters. The fourth-order valence-corrected chi connectivity index (χ4v) is 3.04. The molecule has 0 saturated heterocycles. The summed E-state index contributed by atoms with van der Waals surface area (Å²) in [5.74, 6) is 1.35. The summed E-state index contributed by atoms with van der Waals surface area (Å²) in [6.07, 6.45) is 9.28. The third-order valence-electron chi connectivity index (χ3n) is 4.50. The van der Waals surface area contributed by atoms with Gasteiger partial charge in [-0.3, -0.25) is 4.68 Å². The van der Waals surface area contributed by atoms with Crippen molar-refractivity contribution in [2.24, 2.45) is 7.05 Å². The van der Waals surface area contributed by atoms with E-state index >= 15 is 0 Å². The van der Waals surface area contributed by atoms with Crippen molar-refractivity contribution in [1.82, 2.24) is 19.9 Å². The van der Waals surface area contributed by atoms with Gasteiger partial charge in [-0.25, -0.2) is 0 Å². The van der Waals surface area contributed by atoms with Crippen LogP contribution in [0.5, 0.6) is 0 Å². The molecule has 0 radical (unpaired) electrons. The lowest BCUT2D eigenvalue weighted by Crippen LogP contribution is -2.32. The Morgan fingerprint density at radius 3 is 2.71 bits per heavy atom. The monoisotopic (exact) mass is 290 g/mol. The van der Waals surface area contributed by atoms with E-state index in [4.69, 9.17) is 9.26 Å². The Morgan fingerprint density at radius 2 is 2.10 bits per heavy atom. The van der Waals surface area contributed by atoms with E-state index in [1.807, 2.05) is 19.4 Å². The van der Waals surface area contributed by atoms with Gasteiger partial charge in [0, 0.05) is 25.9 Å². The van der Waals surface area contributed by atoms with Gasteiger partial charge < -0.3 is 9.26 Å². The third-order valence-corrected chi connectivity index (χ3v) is 4.50. The number of aromatic nitrogens is 4. The summed E-state index contributed by atoms with van der Waals surface area (Å²) in [5.41, 5.74) is 0.706. The molecule has 1 aliphatic carbocycles. The Labute approximate surface area is 124 Å². The first-order valence-electron chi connectivity index (χ1n) is 7.52. The molecular formula is C15H22N4O2. The molecule has 2 heterocycles. The molecule has 114 valence electrons. The van der Waals surface area contributed by atoms with Crippen molar-refractivity contribution in [1.29, 1.82) is 0 Å². The number of ether oxygens (including phenoxy) is 1. The topological polar surface area (TPSA) is 66.0 Å². The smallest absolute Gasteiger partial charge is 0.234 e. The van der Waals surface area contributed by atoms with Crippen LogP contribution >= 0.6 is 0 Å². The predicted molar refractivity (Wildman–Crippen MR) is 76.8 cm³/mol. The molecule has 1 saturated carbocycles. The van der Waals surface area contributed by atoms with Gasteiger partial charge in [0.05, 0.1) is 12.1 Å². The van der Waals surface area contributed by atoms with E-state index in [2.05, 4.69) is 22.2 Å². The van der Waals surface area contributed by atoms with E-state index in [0.717, 1.165) is 31.2 Å². The van der Waals surface area contributed by atoms with Crippen LogP contribution in [0.1, 0.15) is 62.2 Å². The molecule has 21 heavy (non-hydrogen) atoms. The molecule has 3 rings (SSSR count). The average molecular weight is 290 g/mol. The lowest BCUT2D eigenvalue weighted by molar-refractivity contribution is -0.0527. The molecule has 0 aliphatic heterocycles. The molecule has 6 heteroatoms. The normalized spacial score (nSPS) is 19.6. The van der Waals surface area contributed by atoms with Crippen molar-refractivity contribution in [2.75, 3.05) is 7.11 Å². The standard InChI is InChI=1S/C15H22N4O2/c1-11(12-9-16-19(2)10-12)13-17-14(18-21-13)15(20-3)7-5-4-6-8-15/h9-11H,4-8H2,1-3H3. The number of aryl methyl sites for hydroxylation is 1. The van der Waals surface area contributed by atoms with Crippen LogP contribution in [0.4, 0.5) is 0 Å². The number of hydrogen-bond acceptors (Lipinski definition) is 5. The minimum atomic E-state index is -0.366. The third kappa shape index (κ3) is 2.60. The van der Waals surface area contributed by atoms with Gasteiger partial charge in [0.2, 0.25) is 11.7 Å². The zero-order valence-electron chi connectivity index (χ0n) is 12.9. The van der Waals surface area contributed by atoms with Gasteiger partial charge in [-0.15, -0.1) is 0 Å². The molecule has 2 aromatic rings. The molecule has 0 spiro atoms. The molecule has 1 aliphatic rings. The maximum absolute atomic E-state index is 5.77. The van der Waals surface area contributed by atoms with Crippen LogP contribution in [-0.4, -0.2) is 27.0 Å². The van der Waals surface area contributed by atoms with Crippen molar-refractivity contribution < 1.29 is 9.26 Å². The highest BCUT2D eigenvalue weighted by Crippen LogP contribution is 2.39. The highest BCUT2D eigenvalue weighted by molar-refractivity contribution is 5.18. The molecule has 1 fully saturated rings. The molecule has 2 aromatic heterocycles. The van der Waals surface area contributed by atoms with Crippen LogP contribution in [0.25, 0.3) is 0 Å². The molecule has 0 aromatic carbocycles. The Balaban J connectivity index is 1.85. The maximum atomic E-state index is 5.77. The van der Waals surface area contributed by atoms with Gasteiger partial charge in [0.25, 0.3) is 0 Å². The van der Waals surface area contributed by atoms with Crippen LogP contribution < -0.4 is 0 Å². The van der Waals surface area contributed by atoms with Crippen molar-refractivity contribution in [3.63, 3.8) is 0 Å². The van der Waals surface area contributed by atoms with Gasteiger partial charge in [0.15, 0.2) is 0 Å². The molecule has 0 N–H and O–H groups in total. The molecular weight excluding hydrogens is 268 g/mol. The highest BCUT2D eigenvalue weighted by atomic mass is 16.5. The first-order chi connectivity index (χ1) is 10.1. The van der Waals surface area contributed by atoms with Crippen LogP contribution in [0.3, 0.4) is 0 Å². The number of methoxy groups -OCH3 is 1. The highest BCUT2D eigenvalue weighted by Gasteiger charge is 2.39. The lowest BCUT2D eigenvalue weighted by atomic mass is 9.84. The van der Waals surface area contributed by atoms with Crippen LogP contribution in [0.15, 0.2) is 16.9 Å².